The first-order valence-electron chi connectivity index (χ1n) is 6.72. The zero-order valence-corrected chi connectivity index (χ0v) is 13.0. The minimum Gasteiger partial charge on any atom is -0.406 e. The second kappa shape index (κ2) is 7.17. The van der Waals surface area contributed by atoms with Gasteiger partial charge in [-0.1, -0.05) is 0 Å². The average molecular weight is 358 g/mol. The molecule has 0 radical (unpaired) electrons. The summed E-state index contributed by atoms with van der Waals surface area (Å²) < 4.78 is 40.2. The average Bonchev–Trinajstić information content (AvgIpc) is 2.47. The van der Waals surface area contributed by atoms with Gasteiger partial charge in [-0.15, -0.1) is 13.2 Å². The van der Waals surface area contributed by atoms with Gasteiger partial charge in [-0.05, 0) is 24.3 Å². The van der Waals surface area contributed by atoms with Crippen molar-refractivity contribution in [3.05, 3.63) is 40.7 Å². The molecule has 2 rings (SSSR count). The zero-order chi connectivity index (χ0) is 18.6. The largest absolute Gasteiger partial charge is 0.573 e. The first-order valence-corrected chi connectivity index (χ1v) is 6.72. The number of nitro groups is 1. The van der Waals surface area contributed by atoms with Crippen molar-refractivity contribution >= 4 is 23.0 Å². The molecule has 0 aliphatic rings. The molecule has 9 nitrogen and oxygen atoms in total. The van der Waals surface area contributed by atoms with Gasteiger partial charge >= 0.3 is 12.0 Å². The van der Waals surface area contributed by atoms with E-state index in [9.17, 15) is 23.3 Å². The Bertz CT molecular complexity index is 752. The molecule has 1 aromatic carbocycles. The molecule has 0 aliphatic carbocycles. The van der Waals surface area contributed by atoms with Crippen LogP contribution < -0.4 is 15.5 Å². The van der Waals surface area contributed by atoms with Crippen LogP contribution in [-0.4, -0.2) is 40.4 Å². The van der Waals surface area contributed by atoms with E-state index in [4.69, 9.17) is 0 Å². The normalized spacial score (nSPS) is 11.3. The fourth-order valence-corrected chi connectivity index (χ4v) is 1.81. The molecule has 1 heterocycles. The molecule has 0 unspecified atom stereocenters. The van der Waals surface area contributed by atoms with Crippen molar-refractivity contribution in [2.45, 2.75) is 6.36 Å². The number of ether oxygens (including phenoxy) is 1. The third-order valence-corrected chi connectivity index (χ3v) is 2.68. The molecule has 1 aromatic heterocycles. The molecule has 25 heavy (non-hydrogen) atoms. The minimum absolute atomic E-state index is 0.0375. The summed E-state index contributed by atoms with van der Waals surface area (Å²) >= 11 is 0. The van der Waals surface area contributed by atoms with Crippen LogP contribution >= 0.6 is 0 Å². The molecule has 0 saturated carbocycles. The quantitative estimate of drug-likeness (QED) is 0.600. The van der Waals surface area contributed by atoms with E-state index in [2.05, 4.69) is 25.4 Å². The van der Waals surface area contributed by atoms with Crippen molar-refractivity contribution in [2.75, 3.05) is 24.8 Å². The molecule has 2 aromatic rings. The molecule has 134 valence electrons. The molecule has 2 N–H and O–H groups in total. The molecule has 0 aliphatic heterocycles. The van der Waals surface area contributed by atoms with Crippen LogP contribution in [0.2, 0.25) is 0 Å². The number of anilines is 3. The lowest BCUT2D eigenvalue weighted by Crippen LogP contribution is -2.21. The molecular formula is C13H13F3N6O3. The molecule has 0 spiro atoms. The van der Waals surface area contributed by atoms with E-state index in [1.54, 1.807) is 14.1 Å². The smallest absolute Gasteiger partial charge is 0.406 e. The van der Waals surface area contributed by atoms with Crippen LogP contribution in [0, 0.1) is 10.1 Å². The first-order chi connectivity index (χ1) is 11.7. The molecule has 0 atom stereocenters. The van der Waals surface area contributed by atoms with Crippen LogP contribution in [0.3, 0.4) is 0 Å². The Kier molecular flexibility index (Phi) is 5.22. The van der Waals surface area contributed by atoms with Crippen molar-refractivity contribution < 1.29 is 22.8 Å². The number of alkyl halides is 3. The van der Waals surface area contributed by atoms with Crippen molar-refractivity contribution in [1.29, 1.82) is 0 Å². The van der Waals surface area contributed by atoms with Crippen molar-refractivity contribution in [2.24, 2.45) is 0 Å². The third kappa shape index (κ3) is 5.17. The number of aromatic nitrogens is 2. The molecular weight excluding hydrogens is 345 g/mol. The molecule has 0 fully saturated rings. The lowest BCUT2D eigenvalue weighted by atomic mass is 10.3. The number of rotatable bonds is 6. The standard InChI is InChI=1S/C13H13F3N6O3/c1-21(2)20-12-10(22(23)24)11(17-7-18-12)19-8-3-5-9(6-4-8)25-13(14,15)16/h3-7H,1-2H3,(H2,17,18,19,20). The number of hydrogen-bond acceptors (Lipinski definition) is 8. The number of hydrogen-bond donors (Lipinski definition) is 2. The Morgan fingerprint density at radius 3 is 2.28 bits per heavy atom. The summed E-state index contributed by atoms with van der Waals surface area (Å²) in [6, 6.07) is 4.68. The van der Waals surface area contributed by atoms with Gasteiger partial charge in [-0.25, -0.2) is 15.0 Å². The van der Waals surface area contributed by atoms with E-state index in [0.717, 1.165) is 18.5 Å². The van der Waals surface area contributed by atoms with E-state index in [0.29, 0.717) is 0 Å². The van der Waals surface area contributed by atoms with Gasteiger partial charge in [-0.3, -0.25) is 15.5 Å². The van der Waals surface area contributed by atoms with Gasteiger partial charge < -0.3 is 10.1 Å². The summed E-state index contributed by atoms with van der Waals surface area (Å²) in [5, 5.41) is 15.4. The summed E-state index contributed by atoms with van der Waals surface area (Å²) in [4.78, 5) is 18.3. The molecule has 0 amide bonds. The van der Waals surface area contributed by atoms with E-state index < -0.39 is 22.7 Å². The summed E-state index contributed by atoms with van der Waals surface area (Å²) in [5.74, 6) is -0.566. The Morgan fingerprint density at radius 2 is 1.76 bits per heavy atom. The van der Waals surface area contributed by atoms with E-state index in [1.807, 2.05) is 0 Å². The number of nitrogens with zero attached hydrogens (tertiary/aromatic N) is 4. The van der Waals surface area contributed by atoms with Crippen molar-refractivity contribution in [3.8, 4) is 5.75 Å². The number of hydrazine groups is 1. The van der Waals surface area contributed by atoms with Gasteiger partial charge in [0, 0.05) is 19.8 Å². The van der Waals surface area contributed by atoms with Gasteiger partial charge in [0.25, 0.3) is 0 Å². The highest BCUT2D eigenvalue weighted by atomic mass is 19.4. The predicted molar refractivity (Wildman–Crippen MR) is 82.4 cm³/mol. The van der Waals surface area contributed by atoms with Crippen LogP contribution in [0.1, 0.15) is 0 Å². The number of benzene rings is 1. The Hall–Kier alpha value is -3.15. The van der Waals surface area contributed by atoms with Gasteiger partial charge in [0.2, 0.25) is 11.6 Å². The lowest BCUT2D eigenvalue weighted by molar-refractivity contribution is -0.383. The van der Waals surface area contributed by atoms with E-state index in [1.165, 1.54) is 17.1 Å². The van der Waals surface area contributed by atoms with Crippen LogP contribution in [0.5, 0.6) is 5.75 Å². The van der Waals surface area contributed by atoms with Gasteiger partial charge in [0.05, 0.1) is 4.92 Å². The highest BCUT2D eigenvalue weighted by Crippen LogP contribution is 2.32. The zero-order valence-electron chi connectivity index (χ0n) is 13.0. The Balaban J connectivity index is 2.26. The predicted octanol–water partition coefficient (Wildman–Crippen LogP) is 2.92. The fourth-order valence-electron chi connectivity index (χ4n) is 1.81. The van der Waals surface area contributed by atoms with E-state index in [-0.39, 0.29) is 17.3 Å². The maximum Gasteiger partial charge on any atom is 0.573 e. The molecule has 0 bridgehead atoms. The molecule has 0 saturated heterocycles. The summed E-state index contributed by atoms with van der Waals surface area (Å²) in [6.07, 6.45) is -3.69. The second-order valence-electron chi connectivity index (χ2n) is 4.88. The second-order valence-corrected chi connectivity index (χ2v) is 4.88. The first kappa shape index (κ1) is 18.2. The monoisotopic (exact) mass is 358 g/mol. The van der Waals surface area contributed by atoms with Crippen LogP contribution in [0.25, 0.3) is 0 Å². The Labute approximate surface area is 139 Å². The van der Waals surface area contributed by atoms with Crippen LogP contribution in [0.15, 0.2) is 30.6 Å². The summed E-state index contributed by atoms with van der Waals surface area (Å²) in [6.45, 7) is 0. The van der Waals surface area contributed by atoms with Gasteiger partial charge in [-0.2, -0.15) is 0 Å². The van der Waals surface area contributed by atoms with Crippen molar-refractivity contribution in [3.63, 3.8) is 0 Å². The maximum absolute atomic E-state index is 12.1. The van der Waals surface area contributed by atoms with Crippen molar-refractivity contribution in [1.82, 2.24) is 15.0 Å². The van der Waals surface area contributed by atoms with Gasteiger partial charge in [0.15, 0.2) is 0 Å². The summed E-state index contributed by atoms with van der Waals surface area (Å²) in [5.41, 5.74) is 2.55. The minimum atomic E-state index is -4.80. The summed E-state index contributed by atoms with van der Waals surface area (Å²) in [7, 11) is 3.25. The fraction of sp³-hybridized carbons (Fsp3) is 0.231. The topological polar surface area (TPSA) is 105 Å². The lowest BCUT2D eigenvalue weighted by Gasteiger charge is -2.14. The van der Waals surface area contributed by atoms with Crippen LogP contribution in [0.4, 0.5) is 36.2 Å². The molecule has 12 heteroatoms. The highest BCUT2D eigenvalue weighted by Gasteiger charge is 2.31. The maximum atomic E-state index is 12.1. The SMILES string of the molecule is CN(C)Nc1ncnc(Nc2ccc(OC(F)(F)F)cc2)c1[N+](=O)[O-]. The number of nitrogens with one attached hydrogen (secondary N) is 2. The highest BCUT2D eigenvalue weighted by molar-refractivity contribution is 5.73. The van der Waals surface area contributed by atoms with E-state index >= 15 is 0 Å². The third-order valence-electron chi connectivity index (χ3n) is 2.68. The number of halogens is 3. The van der Waals surface area contributed by atoms with Crippen LogP contribution in [-0.2, 0) is 0 Å². The van der Waals surface area contributed by atoms with Gasteiger partial charge in [0.1, 0.15) is 12.1 Å². The Morgan fingerprint density at radius 1 is 1.16 bits per heavy atom.